The number of hydrogen-bond donors (Lipinski definition) is 1. The minimum Gasteiger partial charge on any atom is -0.544 e. The summed E-state index contributed by atoms with van der Waals surface area (Å²) in [6.07, 6.45) is 30.0. The summed E-state index contributed by atoms with van der Waals surface area (Å²) in [5.74, 6) is -0.127. The van der Waals surface area contributed by atoms with Crippen LogP contribution in [0.3, 0.4) is 0 Å². The minimum atomic E-state index is -1.05. The zero-order valence-electron chi connectivity index (χ0n) is 20.7. The maximum absolute atomic E-state index is 11.2. The number of quaternary nitrogens is 1. The number of carbonyl (C=O) groups is 1. The van der Waals surface area contributed by atoms with Crippen molar-refractivity contribution >= 4 is 11.8 Å². The molecule has 0 aliphatic carbocycles. The van der Waals surface area contributed by atoms with Crippen LogP contribution in [0.15, 0.2) is 29.5 Å². The molecular weight excluding hydrogens is 398 g/mol. The van der Waals surface area contributed by atoms with E-state index in [1.54, 1.807) is 6.20 Å². The molecule has 0 aromatic heterocycles. The van der Waals surface area contributed by atoms with Crippen molar-refractivity contribution < 1.29 is 14.4 Å². The lowest BCUT2D eigenvalue weighted by molar-refractivity contribution is -0.780. The van der Waals surface area contributed by atoms with Crippen molar-refractivity contribution in [1.82, 2.24) is 0 Å². The van der Waals surface area contributed by atoms with E-state index in [9.17, 15) is 9.90 Å². The highest BCUT2D eigenvalue weighted by molar-refractivity contribution is 5.80. The molecule has 1 aliphatic heterocycles. The number of carbonyl (C=O) groups excluding carboxylic acids is 1. The molecule has 0 spiro atoms. The molecule has 184 valence electrons. The molecule has 0 fully saturated rings. The lowest BCUT2D eigenvalue weighted by Crippen LogP contribution is -2.55. The van der Waals surface area contributed by atoms with Crippen LogP contribution in [0.25, 0.3) is 0 Å². The number of nitrogens with two attached hydrogens (primary N) is 1. The standard InChI is InChI=1S/C27H49N3O2/c1-2-3-4-5-6-7-8-9-10-11-12-13-14-15-16-17-18-19-20-26-29-22-24-30(26,23-21-28)25-27(31)32/h7-8,22,24H,2-6,9-21,23,25,28H2,1H3/b8-7+. The van der Waals surface area contributed by atoms with Crippen LogP contribution in [0.2, 0.25) is 0 Å². The van der Waals surface area contributed by atoms with Crippen LogP contribution in [0.5, 0.6) is 0 Å². The Morgan fingerprint density at radius 1 is 0.906 bits per heavy atom. The van der Waals surface area contributed by atoms with Crippen LogP contribution in [-0.4, -0.2) is 35.9 Å². The summed E-state index contributed by atoms with van der Waals surface area (Å²) in [5, 5.41) is 11.2. The van der Waals surface area contributed by atoms with Crippen molar-refractivity contribution in [3.05, 3.63) is 24.6 Å². The molecule has 32 heavy (non-hydrogen) atoms. The van der Waals surface area contributed by atoms with Gasteiger partial charge in [-0.2, -0.15) is 0 Å². The number of carboxylic acid groups (broad SMARTS) is 1. The largest absolute Gasteiger partial charge is 0.544 e. The second-order valence-corrected chi connectivity index (χ2v) is 9.31. The number of aliphatic imine (C=N–C) groups is 1. The fourth-order valence-corrected chi connectivity index (χ4v) is 4.51. The van der Waals surface area contributed by atoms with Gasteiger partial charge in [-0.05, 0) is 32.1 Å². The first kappa shape index (κ1) is 28.6. The second-order valence-electron chi connectivity index (χ2n) is 9.31. The fourth-order valence-electron chi connectivity index (χ4n) is 4.51. The van der Waals surface area contributed by atoms with Gasteiger partial charge in [-0.1, -0.05) is 89.7 Å². The SMILES string of the molecule is CCCCCC/C=C/CCCCCCCCCCCCC1=NC=C[N+]1(CCN)CC(=O)[O-]. The molecule has 1 aliphatic rings. The number of carboxylic acids is 1. The van der Waals surface area contributed by atoms with E-state index in [4.69, 9.17) is 5.73 Å². The van der Waals surface area contributed by atoms with E-state index < -0.39 is 5.97 Å². The molecule has 2 N–H and O–H groups in total. The lowest BCUT2D eigenvalue weighted by atomic mass is 10.0. The van der Waals surface area contributed by atoms with E-state index in [-0.39, 0.29) is 11.0 Å². The third-order valence-electron chi connectivity index (χ3n) is 6.44. The summed E-state index contributed by atoms with van der Waals surface area (Å²) >= 11 is 0. The Morgan fingerprint density at radius 2 is 1.44 bits per heavy atom. The van der Waals surface area contributed by atoms with Crippen molar-refractivity contribution in [3.63, 3.8) is 0 Å². The van der Waals surface area contributed by atoms with Gasteiger partial charge in [0.25, 0.3) is 0 Å². The highest BCUT2D eigenvalue weighted by atomic mass is 16.4. The second kappa shape index (κ2) is 19.0. The summed E-state index contributed by atoms with van der Waals surface area (Å²) in [7, 11) is 0. The third kappa shape index (κ3) is 13.2. The van der Waals surface area contributed by atoms with Gasteiger partial charge in [0.1, 0.15) is 19.3 Å². The van der Waals surface area contributed by atoms with Gasteiger partial charge in [0.2, 0.25) is 5.84 Å². The molecule has 0 radical (unpaired) electrons. The summed E-state index contributed by atoms with van der Waals surface area (Å²) in [6.45, 7) is 3.20. The highest BCUT2D eigenvalue weighted by Crippen LogP contribution is 2.21. The van der Waals surface area contributed by atoms with E-state index in [0.717, 1.165) is 18.7 Å². The molecule has 0 aromatic rings. The van der Waals surface area contributed by atoms with Crippen LogP contribution in [0.4, 0.5) is 0 Å². The Bertz CT molecular complexity index is 571. The van der Waals surface area contributed by atoms with E-state index >= 15 is 0 Å². The van der Waals surface area contributed by atoms with Gasteiger partial charge in [-0.15, -0.1) is 0 Å². The van der Waals surface area contributed by atoms with E-state index in [2.05, 4.69) is 24.1 Å². The van der Waals surface area contributed by atoms with E-state index in [1.807, 2.05) is 6.20 Å². The maximum Gasteiger partial charge on any atom is 0.207 e. The molecule has 0 aromatic carbocycles. The topological polar surface area (TPSA) is 78.5 Å². The molecule has 0 saturated carbocycles. The molecule has 1 atom stereocenters. The van der Waals surface area contributed by atoms with Crippen LogP contribution in [0.1, 0.15) is 116 Å². The van der Waals surface area contributed by atoms with Crippen molar-refractivity contribution in [2.75, 3.05) is 19.6 Å². The minimum absolute atomic E-state index is 0.0676. The Labute approximate surface area is 197 Å². The number of rotatable bonds is 22. The molecule has 0 bridgehead atoms. The van der Waals surface area contributed by atoms with Gasteiger partial charge in [0.05, 0.1) is 12.2 Å². The van der Waals surface area contributed by atoms with Gasteiger partial charge in [0, 0.05) is 13.0 Å². The van der Waals surface area contributed by atoms with Gasteiger partial charge in [0.15, 0.2) is 0 Å². The monoisotopic (exact) mass is 447 g/mol. The zero-order valence-corrected chi connectivity index (χ0v) is 20.7. The maximum atomic E-state index is 11.2. The summed E-state index contributed by atoms with van der Waals surface area (Å²) in [5.41, 5.74) is 5.71. The molecule has 1 unspecified atom stereocenters. The Morgan fingerprint density at radius 3 is 1.97 bits per heavy atom. The van der Waals surface area contributed by atoms with Gasteiger partial charge in [-0.3, -0.25) is 0 Å². The summed E-state index contributed by atoms with van der Waals surface area (Å²) in [6, 6.07) is 0. The number of aliphatic carboxylic acids is 1. The van der Waals surface area contributed by atoms with Crippen molar-refractivity contribution in [1.29, 1.82) is 0 Å². The van der Waals surface area contributed by atoms with Crippen molar-refractivity contribution in [2.24, 2.45) is 10.7 Å². The average molecular weight is 448 g/mol. The summed E-state index contributed by atoms with van der Waals surface area (Å²) < 4.78 is 0.244. The lowest BCUT2D eigenvalue weighted by Gasteiger charge is -2.32. The number of allylic oxidation sites excluding steroid dienone is 2. The first-order valence-electron chi connectivity index (χ1n) is 13.3. The zero-order chi connectivity index (χ0) is 23.3. The highest BCUT2D eigenvalue weighted by Gasteiger charge is 2.34. The molecule has 0 saturated heterocycles. The Balaban J connectivity index is 1.94. The van der Waals surface area contributed by atoms with Crippen LogP contribution in [-0.2, 0) is 4.79 Å². The average Bonchev–Trinajstić information content (AvgIpc) is 3.14. The van der Waals surface area contributed by atoms with Crippen LogP contribution < -0.4 is 10.8 Å². The number of amidine groups is 1. The first-order valence-corrected chi connectivity index (χ1v) is 13.3. The van der Waals surface area contributed by atoms with Crippen LogP contribution in [0, 0.1) is 0 Å². The fraction of sp³-hybridized carbons (Fsp3) is 0.778. The van der Waals surface area contributed by atoms with Gasteiger partial charge >= 0.3 is 0 Å². The van der Waals surface area contributed by atoms with Gasteiger partial charge in [-0.25, -0.2) is 9.48 Å². The molecule has 5 nitrogen and oxygen atoms in total. The molecule has 5 heteroatoms. The third-order valence-corrected chi connectivity index (χ3v) is 6.44. The Kier molecular flexibility index (Phi) is 17.0. The molecular formula is C27H49N3O2. The number of unbranched alkanes of at least 4 members (excludes halogenated alkanes) is 14. The molecule has 1 heterocycles. The predicted octanol–water partition coefficient (Wildman–Crippen LogP) is 5.60. The van der Waals surface area contributed by atoms with Crippen molar-refractivity contribution in [2.45, 2.75) is 116 Å². The normalized spacial score (nSPS) is 18.0. The Hall–Kier alpha value is -1.46. The quantitative estimate of drug-likeness (QED) is 0.133. The van der Waals surface area contributed by atoms with Crippen molar-refractivity contribution in [3.8, 4) is 0 Å². The summed E-state index contributed by atoms with van der Waals surface area (Å²) in [4.78, 5) is 15.6. The number of hydrogen-bond acceptors (Lipinski definition) is 4. The van der Waals surface area contributed by atoms with E-state index in [0.29, 0.717) is 13.1 Å². The van der Waals surface area contributed by atoms with E-state index in [1.165, 1.54) is 96.3 Å². The smallest absolute Gasteiger partial charge is 0.207 e. The first-order chi connectivity index (χ1) is 15.6. The predicted molar refractivity (Wildman–Crippen MR) is 134 cm³/mol. The molecule has 1 rings (SSSR count). The number of nitrogens with zero attached hydrogens (tertiary/aromatic N) is 2. The van der Waals surface area contributed by atoms with Gasteiger partial charge < -0.3 is 15.6 Å². The molecule has 0 amide bonds. The van der Waals surface area contributed by atoms with Crippen LogP contribution >= 0.6 is 0 Å².